The Kier molecular flexibility index (Phi) is 3.20. The first-order valence-electron chi connectivity index (χ1n) is 6.93. The van der Waals surface area contributed by atoms with Gasteiger partial charge in [0.05, 0.1) is 5.56 Å². The molecule has 0 amide bonds. The maximum absolute atomic E-state index is 11.8. The van der Waals surface area contributed by atoms with Gasteiger partial charge in [0.15, 0.2) is 11.5 Å². The third-order valence-corrected chi connectivity index (χ3v) is 3.79. The van der Waals surface area contributed by atoms with Crippen LogP contribution < -0.4 is 10.5 Å². The molecule has 2 aromatic heterocycles. The van der Waals surface area contributed by atoms with Crippen LogP contribution in [0.3, 0.4) is 0 Å². The lowest BCUT2D eigenvalue weighted by Gasteiger charge is -2.11. The first-order chi connectivity index (χ1) is 10.4. The van der Waals surface area contributed by atoms with E-state index in [0.29, 0.717) is 16.9 Å². The lowest BCUT2D eigenvalue weighted by molar-refractivity contribution is 0.433. The van der Waals surface area contributed by atoms with Crippen molar-refractivity contribution in [2.45, 2.75) is 13.8 Å². The largest absolute Gasteiger partial charge is 0.507 e. The molecule has 5 nitrogen and oxygen atoms in total. The standard InChI is InChI=1S/C17H17NO4/c1-9-15(19)10(2)17(20)22-16(9)14-8-11-7-12(18(3)4)5-6-13(11)21-14/h5-8,19H,1-4H3. The van der Waals surface area contributed by atoms with Gasteiger partial charge in [0, 0.05) is 30.7 Å². The minimum Gasteiger partial charge on any atom is -0.507 e. The summed E-state index contributed by atoms with van der Waals surface area (Å²) in [4.78, 5) is 13.8. The minimum absolute atomic E-state index is 0.0549. The van der Waals surface area contributed by atoms with Crippen molar-refractivity contribution in [3.63, 3.8) is 0 Å². The van der Waals surface area contributed by atoms with Gasteiger partial charge in [0.1, 0.15) is 11.3 Å². The maximum atomic E-state index is 11.8. The summed E-state index contributed by atoms with van der Waals surface area (Å²) in [6.45, 7) is 3.22. The lowest BCUT2D eigenvalue weighted by atomic mass is 10.1. The topological polar surface area (TPSA) is 66.8 Å². The molecule has 0 saturated carbocycles. The third kappa shape index (κ3) is 2.15. The van der Waals surface area contributed by atoms with Crippen molar-refractivity contribution in [1.82, 2.24) is 0 Å². The van der Waals surface area contributed by atoms with Gasteiger partial charge in [0.25, 0.3) is 0 Å². The number of benzene rings is 1. The molecule has 0 bridgehead atoms. The number of hydrogen-bond donors (Lipinski definition) is 1. The Labute approximate surface area is 127 Å². The van der Waals surface area contributed by atoms with Crippen LogP contribution in [0.15, 0.2) is 37.9 Å². The summed E-state index contributed by atoms with van der Waals surface area (Å²) < 4.78 is 11.1. The van der Waals surface area contributed by atoms with E-state index in [4.69, 9.17) is 8.83 Å². The van der Waals surface area contributed by atoms with Crippen molar-refractivity contribution in [2.75, 3.05) is 19.0 Å². The van der Waals surface area contributed by atoms with Crippen molar-refractivity contribution in [1.29, 1.82) is 0 Å². The smallest absolute Gasteiger partial charge is 0.343 e. The van der Waals surface area contributed by atoms with Gasteiger partial charge < -0.3 is 18.8 Å². The Hall–Kier alpha value is -2.69. The fourth-order valence-electron chi connectivity index (χ4n) is 2.39. The van der Waals surface area contributed by atoms with Gasteiger partial charge in [-0.05, 0) is 38.1 Å². The van der Waals surface area contributed by atoms with Gasteiger partial charge in [-0.2, -0.15) is 0 Å². The van der Waals surface area contributed by atoms with Crippen molar-refractivity contribution in [3.8, 4) is 17.3 Å². The molecular formula is C17H17NO4. The fourth-order valence-corrected chi connectivity index (χ4v) is 2.39. The average Bonchev–Trinajstić information content (AvgIpc) is 2.91. The quantitative estimate of drug-likeness (QED) is 0.785. The summed E-state index contributed by atoms with van der Waals surface area (Å²) in [5.41, 5.74) is 1.87. The minimum atomic E-state index is -0.562. The molecule has 0 aliphatic rings. The Morgan fingerprint density at radius 1 is 1.05 bits per heavy atom. The molecule has 5 heteroatoms. The first kappa shape index (κ1) is 14.3. The van der Waals surface area contributed by atoms with E-state index in [0.717, 1.165) is 11.1 Å². The fraction of sp³-hybridized carbons (Fsp3) is 0.235. The van der Waals surface area contributed by atoms with Crippen molar-refractivity contribution >= 4 is 16.7 Å². The van der Waals surface area contributed by atoms with E-state index >= 15 is 0 Å². The van der Waals surface area contributed by atoms with E-state index in [2.05, 4.69) is 0 Å². The normalized spacial score (nSPS) is 11.1. The summed E-state index contributed by atoms with van der Waals surface area (Å²) in [7, 11) is 3.92. The number of furan rings is 1. The first-order valence-corrected chi connectivity index (χ1v) is 6.93. The molecule has 0 radical (unpaired) electrons. The predicted octanol–water partition coefficient (Wildman–Crippen LogP) is 3.44. The van der Waals surface area contributed by atoms with Crippen LogP contribution in [0, 0.1) is 13.8 Å². The van der Waals surface area contributed by atoms with Crippen LogP contribution >= 0.6 is 0 Å². The molecule has 0 fully saturated rings. The van der Waals surface area contributed by atoms with Crippen LogP contribution in [0.2, 0.25) is 0 Å². The molecule has 1 aromatic carbocycles. The zero-order chi connectivity index (χ0) is 16.0. The monoisotopic (exact) mass is 299 g/mol. The van der Waals surface area contributed by atoms with Crippen molar-refractivity contribution < 1.29 is 13.9 Å². The predicted molar refractivity (Wildman–Crippen MR) is 85.7 cm³/mol. The number of anilines is 1. The Morgan fingerprint density at radius 3 is 2.45 bits per heavy atom. The number of hydrogen-bond acceptors (Lipinski definition) is 5. The molecule has 0 aliphatic carbocycles. The second kappa shape index (κ2) is 4.94. The molecule has 22 heavy (non-hydrogen) atoms. The molecule has 0 aliphatic heterocycles. The van der Waals surface area contributed by atoms with Gasteiger partial charge >= 0.3 is 5.63 Å². The second-order valence-electron chi connectivity index (χ2n) is 5.54. The van der Waals surface area contributed by atoms with Gasteiger partial charge in [0.2, 0.25) is 0 Å². The van der Waals surface area contributed by atoms with E-state index in [1.54, 1.807) is 6.92 Å². The molecule has 0 atom stereocenters. The molecule has 114 valence electrons. The van der Waals surface area contributed by atoms with E-state index in [9.17, 15) is 9.90 Å². The highest BCUT2D eigenvalue weighted by Gasteiger charge is 2.18. The summed E-state index contributed by atoms with van der Waals surface area (Å²) in [5, 5.41) is 10.9. The SMILES string of the molecule is Cc1c(-c2cc3cc(N(C)C)ccc3o2)oc(=O)c(C)c1O. The number of fused-ring (bicyclic) bond motifs is 1. The zero-order valence-corrected chi connectivity index (χ0v) is 12.9. The van der Waals surface area contributed by atoms with Gasteiger partial charge in [-0.3, -0.25) is 0 Å². The summed E-state index contributed by atoms with van der Waals surface area (Å²) in [5.74, 6) is 0.632. The summed E-state index contributed by atoms with van der Waals surface area (Å²) in [6, 6.07) is 7.62. The molecule has 3 aromatic rings. The molecule has 0 saturated heterocycles. The van der Waals surface area contributed by atoms with Crippen LogP contribution in [0.1, 0.15) is 11.1 Å². The highest BCUT2D eigenvalue weighted by atomic mass is 16.4. The van der Waals surface area contributed by atoms with Crippen LogP contribution in [0.5, 0.6) is 5.75 Å². The molecule has 2 heterocycles. The van der Waals surface area contributed by atoms with Gasteiger partial charge in [-0.1, -0.05) is 0 Å². The van der Waals surface area contributed by atoms with E-state index < -0.39 is 5.63 Å². The van der Waals surface area contributed by atoms with E-state index in [1.807, 2.05) is 43.3 Å². The Morgan fingerprint density at radius 2 is 1.77 bits per heavy atom. The van der Waals surface area contributed by atoms with Crippen LogP contribution in [-0.4, -0.2) is 19.2 Å². The summed E-state index contributed by atoms with van der Waals surface area (Å²) >= 11 is 0. The molecule has 0 spiro atoms. The second-order valence-corrected chi connectivity index (χ2v) is 5.54. The third-order valence-electron chi connectivity index (χ3n) is 3.79. The van der Waals surface area contributed by atoms with E-state index in [-0.39, 0.29) is 17.1 Å². The highest BCUT2D eigenvalue weighted by Crippen LogP contribution is 2.34. The molecular weight excluding hydrogens is 282 g/mol. The van der Waals surface area contributed by atoms with Gasteiger partial charge in [-0.15, -0.1) is 0 Å². The molecule has 1 N–H and O–H groups in total. The van der Waals surface area contributed by atoms with Crippen molar-refractivity contribution in [3.05, 3.63) is 45.8 Å². The number of rotatable bonds is 2. The highest BCUT2D eigenvalue weighted by molar-refractivity contribution is 5.85. The van der Waals surface area contributed by atoms with Crippen LogP contribution in [0.4, 0.5) is 5.69 Å². The lowest BCUT2D eigenvalue weighted by Crippen LogP contribution is -2.07. The Bertz CT molecular complexity index is 918. The van der Waals surface area contributed by atoms with Crippen molar-refractivity contribution in [2.24, 2.45) is 0 Å². The maximum Gasteiger partial charge on any atom is 0.343 e. The number of nitrogens with zero attached hydrogens (tertiary/aromatic N) is 1. The van der Waals surface area contributed by atoms with Crippen LogP contribution in [-0.2, 0) is 0 Å². The average molecular weight is 299 g/mol. The summed E-state index contributed by atoms with van der Waals surface area (Å²) in [6.07, 6.45) is 0. The molecule has 3 rings (SSSR count). The van der Waals surface area contributed by atoms with E-state index in [1.165, 1.54) is 6.92 Å². The Balaban J connectivity index is 2.21. The molecule has 0 unspecified atom stereocenters. The van der Waals surface area contributed by atoms with Crippen LogP contribution in [0.25, 0.3) is 22.5 Å². The zero-order valence-electron chi connectivity index (χ0n) is 12.9. The number of aromatic hydroxyl groups is 1. The van der Waals surface area contributed by atoms with Gasteiger partial charge in [-0.25, -0.2) is 4.79 Å².